The minimum atomic E-state index is 0. The van der Waals surface area contributed by atoms with E-state index in [1.807, 2.05) is 12.1 Å². The first-order valence-corrected chi connectivity index (χ1v) is 8.39. The van der Waals surface area contributed by atoms with E-state index in [4.69, 9.17) is 47.2 Å². The molecule has 0 spiro atoms. The third kappa shape index (κ3) is 14.2. The Hall–Kier alpha value is -1.04. The van der Waals surface area contributed by atoms with Crippen molar-refractivity contribution in [3.63, 3.8) is 0 Å². The van der Waals surface area contributed by atoms with Crippen LogP contribution in [0.15, 0.2) is 42.5 Å². The van der Waals surface area contributed by atoms with Crippen molar-refractivity contribution in [1.82, 2.24) is 0 Å². The molecule has 0 unspecified atom stereocenters. The summed E-state index contributed by atoms with van der Waals surface area (Å²) in [5.41, 5.74) is 6.29. The standard InChI is InChI=1S/C13H12ClNO2.2ClH.Ni.6H2O/c1-16-13-8-10(15)5-6-12(13)17-11-4-2-3-9(14)7-11;;;;;;;;;/h2-8H,15H2,1H3;2*1H;;6*1H2/q;;;+2;;;;;;/p-2. The van der Waals surface area contributed by atoms with Gasteiger partial charge in [0.25, 0.3) is 0 Å². The van der Waals surface area contributed by atoms with Gasteiger partial charge in [0.05, 0.1) is 7.11 Å². The first-order chi connectivity index (χ1) is 9.60. The summed E-state index contributed by atoms with van der Waals surface area (Å²) >= 11 is 6.45. The van der Waals surface area contributed by atoms with Gasteiger partial charge in [0.15, 0.2) is 11.5 Å². The van der Waals surface area contributed by atoms with E-state index in [2.05, 4.69) is 0 Å². The minimum absolute atomic E-state index is 0. The van der Waals surface area contributed by atoms with Crippen LogP contribution in [-0.2, 0) is 12.7 Å². The van der Waals surface area contributed by atoms with Gasteiger partial charge in [-0.05, 0) is 30.3 Å². The van der Waals surface area contributed by atoms with Crippen LogP contribution in [0.4, 0.5) is 5.69 Å². The number of halogens is 3. The van der Waals surface area contributed by atoms with Crippen LogP contribution in [0.2, 0.25) is 5.02 Å². The van der Waals surface area contributed by atoms with Crippen molar-refractivity contribution in [2.45, 2.75) is 0 Å². The normalized spacial score (nSPS) is 7.38. The maximum absolute atomic E-state index is 5.88. The third-order valence-corrected chi connectivity index (χ3v) is 2.45. The van der Waals surface area contributed by atoms with Crippen LogP contribution in [0.25, 0.3) is 0 Å². The summed E-state index contributed by atoms with van der Waals surface area (Å²) < 4.78 is 10.9. The van der Waals surface area contributed by atoms with Gasteiger partial charge in [-0.25, -0.2) is 0 Å². The van der Waals surface area contributed by atoms with Crippen molar-refractivity contribution >= 4 is 37.7 Å². The number of hydrogen-bond acceptors (Lipinski definition) is 3. The van der Waals surface area contributed by atoms with Crippen molar-refractivity contribution < 1.29 is 55.0 Å². The molecule has 0 radical (unpaired) electrons. The van der Waals surface area contributed by atoms with Gasteiger partial charge in [0.2, 0.25) is 0 Å². The molecule has 0 fully saturated rings. The second-order valence-corrected chi connectivity index (χ2v) is 5.58. The Bertz CT molecular complexity index is 569. The number of rotatable bonds is 3. The van der Waals surface area contributed by atoms with Crippen LogP contribution in [0.5, 0.6) is 17.2 Å². The van der Waals surface area contributed by atoms with Gasteiger partial charge in [-0.1, -0.05) is 17.7 Å². The topological polar surface area (TPSA) is 233 Å². The Morgan fingerprint density at radius 3 is 1.85 bits per heavy atom. The second kappa shape index (κ2) is 22.0. The van der Waals surface area contributed by atoms with E-state index in [9.17, 15) is 0 Å². The van der Waals surface area contributed by atoms with Crippen LogP contribution in [0, 0.1) is 0 Å². The fourth-order valence-corrected chi connectivity index (χ4v) is 1.61. The van der Waals surface area contributed by atoms with E-state index in [1.54, 1.807) is 37.4 Å². The average Bonchev–Trinajstić information content (AvgIpc) is 2.42. The number of methoxy groups -OCH3 is 1. The summed E-state index contributed by atoms with van der Waals surface area (Å²) in [5, 5.41) is 0.622. The molecule has 0 amide bonds. The summed E-state index contributed by atoms with van der Waals surface area (Å²) in [6.07, 6.45) is 0. The molecule has 2 aromatic carbocycles. The van der Waals surface area contributed by atoms with Crippen LogP contribution in [0.1, 0.15) is 0 Å². The number of benzene rings is 2. The Labute approximate surface area is 170 Å². The van der Waals surface area contributed by atoms with Gasteiger partial charge in [-0.15, -0.1) is 0 Å². The van der Waals surface area contributed by atoms with Crippen molar-refractivity contribution in [1.29, 1.82) is 0 Å². The molecule has 9 nitrogen and oxygen atoms in total. The first kappa shape index (κ1) is 39.9. The molecule has 2 rings (SSSR count). The van der Waals surface area contributed by atoms with Crippen LogP contribution >= 0.6 is 32.0 Å². The number of anilines is 1. The molecule has 0 aliphatic rings. The van der Waals surface area contributed by atoms with Gasteiger partial charge >= 0.3 is 33.0 Å². The Balaban J connectivity index is -0.000000104. The SMILES string of the molecule is COc1cc(N)ccc1Oc1cccc(Cl)c1.O.O.O.O.O.O.[Cl][Ni][Cl]. The quantitative estimate of drug-likeness (QED) is 0.470. The fraction of sp³-hybridized carbons (Fsp3) is 0.0769. The van der Waals surface area contributed by atoms with Crippen molar-refractivity contribution in [2.75, 3.05) is 12.8 Å². The molecule has 13 heteroatoms. The van der Waals surface area contributed by atoms with E-state index in [-0.39, 0.29) is 32.9 Å². The zero-order chi connectivity index (χ0) is 15.0. The molecule has 14 N–H and O–H groups in total. The zero-order valence-electron chi connectivity index (χ0n) is 13.4. The Morgan fingerprint density at radius 2 is 1.38 bits per heavy atom. The van der Waals surface area contributed by atoms with E-state index >= 15 is 0 Å². The van der Waals surface area contributed by atoms with Crippen LogP contribution in [-0.4, -0.2) is 40.0 Å². The molecule has 26 heavy (non-hydrogen) atoms. The van der Waals surface area contributed by atoms with Gasteiger partial charge in [-0.3, -0.25) is 0 Å². The molecule has 0 heterocycles. The Morgan fingerprint density at radius 1 is 0.846 bits per heavy atom. The molecule has 0 bridgehead atoms. The molecule has 0 aromatic heterocycles. The molecule has 160 valence electrons. The van der Waals surface area contributed by atoms with Gasteiger partial charge in [-0.2, -0.15) is 0 Å². The Kier molecular flexibility index (Phi) is 33.7. The van der Waals surface area contributed by atoms with Crippen LogP contribution in [0.3, 0.4) is 0 Å². The van der Waals surface area contributed by atoms with Crippen molar-refractivity contribution in [2.24, 2.45) is 0 Å². The zero-order valence-corrected chi connectivity index (χ0v) is 16.6. The summed E-state index contributed by atoms with van der Waals surface area (Å²) in [6.45, 7) is 0. The predicted molar refractivity (Wildman–Crippen MR) is 102 cm³/mol. The van der Waals surface area contributed by atoms with E-state index in [0.717, 1.165) is 0 Å². The molecular weight excluding hydrogens is 463 g/mol. The number of hydrogen-bond donors (Lipinski definition) is 1. The second-order valence-electron chi connectivity index (χ2n) is 3.51. The van der Waals surface area contributed by atoms with Crippen LogP contribution < -0.4 is 15.2 Å². The monoisotopic (exact) mass is 485 g/mol. The third-order valence-electron chi connectivity index (χ3n) is 2.21. The molecule has 0 saturated heterocycles. The number of ether oxygens (including phenoxy) is 2. The van der Waals surface area contributed by atoms with Crippen molar-refractivity contribution in [3.05, 3.63) is 47.5 Å². The first-order valence-electron chi connectivity index (χ1n) is 5.30. The average molecular weight is 487 g/mol. The van der Waals surface area contributed by atoms with E-state index < -0.39 is 0 Å². The van der Waals surface area contributed by atoms with Gasteiger partial charge < -0.3 is 48.1 Å². The van der Waals surface area contributed by atoms with Gasteiger partial charge in [0, 0.05) is 16.8 Å². The molecule has 2 aromatic rings. The molecule has 0 atom stereocenters. The molecule has 0 saturated carbocycles. The summed E-state index contributed by atoms with van der Waals surface area (Å²) in [4.78, 5) is 0. The number of nitrogens with two attached hydrogens (primary N) is 1. The maximum atomic E-state index is 5.88. The molecular formula is C13H24Cl3NNiO8. The summed E-state index contributed by atoms with van der Waals surface area (Å²) in [5.74, 6) is 1.84. The van der Waals surface area contributed by atoms with Gasteiger partial charge in [0.1, 0.15) is 5.75 Å². The summed E-state index contributed by atoms with van der Waals surface area (Å²) in [7, 11) is 11.0. The van der Waals surface area contributed by atoms with E-state index in [0.29, 0.717) is 40.6 Å². The van der Waals surface area contributed by atoms with E-state index in [1.165, 1.54) is 0 Å². The van der Waals surface area contributed by atoms with Crippen molar-refractivity contribution in [3.8, 4) is 17.2 Å². The predicted octanol–water partition coefficient (Wildman–Crippen LogP) is 0.151. The number of nitrogen functional groups attached to an aromatic ring is 1. The fourth-order valence-electron chi connectivity index (χ4n) is 1.43. The molecule has 0 aliphatic heterocycles. The molecule has 0 aliphatic carbocycles. The summed E-state index contributed by atoms with van der Waals surface area (Å²) in [6, 6.07) is 12.4.